The van der Waals surface area contributed by atoms with Gasteiger partial charge in [0.15, 0.2) is 0 Å². The van der Waals surface area contributed by atoms with E-state index in [0.29, 0.717) is 38.7 Å². The zero-order valence-corrected chi connectivity index (χ0v) is 26.6. The molecular formula is C32H24BrCl2F3N4O3. The van der Waals surface area contributed by atoms with Crippen LogP contribution in [0, 0.1) is 5.82 Å². The summed E-state index contributed by atoms with van der Waals surface area (Å²) in [7, 11) is 1.75. The summed E-state index contributed by atoms with van der Waals surface area (Å²) in [6, 6.07) is 19.1. The molecule has 0 radical (unpaired) electrons. The number of alkyl halides is 2. The van der Waals surface area contributed by atoms with Gasteiger partial charge in [-0.15, -0.1) is 0 Å². The number of rotatable bonds is 10. The van der Waals surface area contributed by atoms with E-state index in [1.807, 2.05) is 0 Å². The summed E-state index contributed by atoms with van der Waals surface area (Å²) in [4.78, 5) is 30.5. The van der Waals surface area contributed by atoms with Gasteiger partial charge in [-0.1, -0.05) is 57.3 Å². The lowest BCUT2D eigenvalue weighted by atomic mass is 10.1. The second kappa shape index (κ2) is 13.9. The second-order valence-corrected chi connectivity index (χ2v) is 11.7. The van der Waals surface area contributed by atoms with Crippen LogP contribution in [0.3, 0.4) is 0 Å². The number of imidazole rings is 1. The number of nitrogens with zero attached hydrogens (tertiary/aromatic N) is 2. The Morgan fingerprint density at radius 3 is 2.47 bits per heavy atom. The first-order valence-electron chi connectivity index (χ1n) is 13.5. The van der Waals surface area contributed by atoms with Gasteiger partial charge in [-0.05, 0) is 59.7 Å². The highest BCUT2D eigenvalue weighted by Crippen LogP contribution is 2.30. The summed E-state index contributed by atoms with van der Waals surface area (Å²) in [5.74, 6) is -1.38. The molecule has 0 spiro atoms. The van der Waals surface area contributed by atoms with Gasteiger partial charge < -0.3 is 19.9 Å². The number of ether oxygens (including phenoxy) is 1. The first-order chi connectivity index (χ1) is 21.5. The molecule has 7 nitrogen and oxygen atoms in total. The van der Waals surface area contributed by atoms with E-state index in [-0.39, 0.29) is 34.9 Å². The van der Waals surface area contributed by atoms with Crippen molar-refractivity contribution in [1.29, 1.82) is 0 Å². The highest BCUT2D eigenvalue weighted by Gasteiger charge is 2.21. The number of benzene rings is 4. The fourth-order valence-corrected chi connectivity index (χ4v) is 5.34. The maximum absolute atomic E-state index is 14.2. The minimum Gasteiger partial charge on any atom is -0.487 e. The standard InChI is InChI=1S/C32H24BrCl2F3N4O3/c1-42-26-14-27(45-16-28(37)38)21(31(43)40-20-8-6-19(33)7-9-20)13-25(26)41-29(42)12-18-11-17(5-10-22(18)34)15-39-32(44)30-23(35)3-2-4-24(30)36/h2-11,13-14,28H,12,15-16H2,1H3,(H,39,44)(H,40,43). The third-order valence-electron chi connectivity index (χ3n) is 6.89. The van der Waals surface area contributed by atoms with E-state index in [1.165, 1.54) is 24.3 Å². The van der Waals surface area contributed by atoms with Crippen LogP contribution in [0.1, 0.15) is 37.7 Å². The van der Waals surface area contributed by atoms with Crippen LogP contribution in [0.5, 0.6) is 5.75 Å². The maximum atomic E-state index is 14.2. The van der Waals surface area contributed by atoms with Gasteiger partial charge >= 0.3 is 0 Å². The van der Waals surface area contributed by atoms with Crippen LogP contribution in [-0.2, 0) is 20.0 Å². The van der Waals surface area contributed by atoms with Crippen LogP contribution < -0.4 is 15.4 Å². The molecule has 0 aliphatic rings. The number of carbonyl (C=O) groups excluding carboxylic acids is 2. The molecule has 0 atom stereocenters. The van der Waals surface area contributed by atoms with E-state index in [0.717, 1.165) is 10.5 Å². The van der Waals surface area contributed by atoms with E-state index < -0.39 is 30.7 Å². The first kappa shape index (κ1) is 32.3. The van der Waals surface area contributed by atoms with Gasteiger partial charge in [-0.3, -0.25) is 9.59 Å². The molecule has 1 heterocycles. The molecule has 0 aliphatic heterocycles. The third-order valence-corrected chi connectivity index (χ3v) is 8.10. The normalized spacial score (nSPS) is 11.2. The quantitative estimate of drug-likeness (QED) is 0.152. The van der Waals surface area contributed by atoms with Gasteiger partial charge in [0.25, 0.3) is 18.2 Å². The number of nitrogens with one attached hydrogen (secondary N) is 2. The Bertz CT molecular complexity index is 1880. The molecule has 232 valence electrons. The van der Waals surface area contributed by atoms with Gasteiger partial charge in [0.1, 0.15) is 24.0 Å². The van der Waals surface area contributed by atoms with Crippen molar-refractivity contribution in [3.63, 3.8) is 0 Å². The van der Waals surface area contributed by atoms with Crippen LogP contribution in [0.2, 0.25) is 10.0 Å². The van der Waals surface area contributed by atoms with Crippen molar-refractivity contribution < 1.29 is 27.5 Å². The number of amides is 2. The number of carbonyl (C=O) groups is 2. The van der Waals surface area contributed by atoms with Gasteiger partial charge in [0.2, 0.25) is 0 Å². The summed E-state index contributed by atoms with van der Waals surface area (Å²) in [6.45, 7) is -0.811. The average molecular weight is 720 g/mol. The maximum Gasteiger partial charge on any atom is 0.272 e. The molecule has 0 saturated carbocycles. The molecule has 0 fully saturated rings. The molecule has 0 unspecified atom stereocenters. The lowest BCUT2D eigenvalue weighted by molar-refractivity contribution is 0.0804. The van der Waals surface area contributed by atoms with Crippen molar-refractivity contribution in [2.24, 2.45) is 7.05 Å². The number of halogens is 6. The van der Waals surface area contributed by atoms with Crippen molar-refractivity contribution in [1.82, 2.24) is 14.9 Å². The molecule has 13 heteroatoms. The van der Waals surface area contributed by atoms with E-state index >= 15 is 0 Å². The molecule has 4 aromatic carbocycles. The van der Waals surface area contributed by atoms with Crippen LogP contribution >= 0.6 is 39.1 Å². The molecule has 45 heavy (non-hydrogen) atoms. The van der Waals surface area contributed by atoms with Crippen molar-refractivity contribution in [3.05, 3.63) is 121 Å². The fraction of sp³-hybridized carbons (Fsp3) is 0.156. The molecule has 5 aromatic rings. The Labute approximate surface area is 274 Å². The van der Waals surface area contributed by atoms with E-state index in [2.05, 4.69) is 26.6 Å². The summed E-state index contributed by atoms with van der Waals surface area (Å²) in [6.07, 6.45) is -2.48. The van der Waals surface area contributed by atoms with Gasteiger partial charge in [0.05, 0.1) is 27.2 Å². The Morgan fingerprint density at radius 1 is 1.00 bits per heavy atom. The Hall–Kier alpha value is -4.06. The average Bonchev–Trinajstić information content (AvgIpc) is 3.30. The number of hydrogen-bond donors (Lipinski definition) is 2. The van der Waals surface area contributed by atoms with E-state index in [1.54, 1.807) is 54.1 Å². The fourth-order valence-electron chi connectivity index (χ4n) is 4.64. The minimum absolute atomic E-state index is 0.00265. The predicted octanol–water partition coefficient (Wildman–Crippen LogP) is 8.20. The Morgan fingerprint density at radius 2 is 1.76 bits per heavy atom. The highest BCUT2D eigenvalue weighted by molar-refractivity contribution is 9.10. The molecule has 0 bridgehead atoms. The third kappa shape index (κ3) is 7.61. The number of anilines is 1. The zero-order valence-electron chi connectivity index (χ0n) is 23.5. The summed E-state index contributed by atoms with van der Waals surface area (Å²) in [5, 5.41) is 5.87. The number of fused-ring (bicyclic) bond motifs is 1. The minimum atomic E-state index is -2.74. The zero-order chi connectivity index (χ0) is 32.2. The molecule has 2 amide bonds. The highest BCUT2D eigenvalue weighted by atomic mass is 79.9. The van der Waals surface area contributed by atoms with Gasteiger partial charge in [-0.25, -0.2) is 18.2 Å². The summed E-state index contributed by atoms with van der Waals surface area (Å²) < 4.78 is 48.2. The SMILES string of the molecule is Cn1c(Cc2cc(CNC(=O)c3c(F)cccc3Cl)ccc2Cl)nc2cc(C(=O)Nc3ccc(Br)cc3)c(OCC(F)F)cc21. The smallest absolute Gasteiger partial charge is 0.272 e. The largest absolute Gasteiger partial charge is 0.487 e. The van der Waals surface area contributed by atoms with Gasteiger partial charge in [-0.2, -0.15) is 0 Å². The Kier molecular flexibility index (Phi) is 10.0. The number of aromatic nitrogens is 2. The van der Waals surface area contributed by atoms with Crippen molar-refractivity contribution in [2.75, 3.05) is 11.9 Å². The molecule has 0 aliphatic carbocycles. The molecular weight excluding hydrogens is 696 g/mol. The second-order valence-electron chi connectivity index (χ2n) is 9.97. The molecule has 5 rings (SSSR count). The molecule has 1 aromatic heterocycles. The molecule has 2 N–H and O–H groups in total. The lowest BCUT2D eigenvalue weighted by Gasteiger charge is -2.13. The van der Waals surface area contributed by atoms with Crippen LogP contribution in [0.4, 0.5) is 18.9 Å². The number of hydrogen-bond acceptors (Lipinski definition) is 4. The lowest BCUT2D eigenvalue weighted by Crippen LogP contribution is -2.24. The number of aryl methyl sites for hydroxylation is 1. The first-order valence-corrected chi connectivity index (χ1v) is 15.0. The van der Waals surface area contributed by atoms with Crippen LogP contribution in [0.15, 0.2) is 77.3 Å². The van der Waals surface area contributed by atoms with Gasteiger partial charge in [0, 0.05) is 41.3 Å². The van der Waals surface area contributed by atoms with Crippen molar-refractivity contribution in [3.8, 4) is 5.75 Å². The van der Waals surface area contributed by atoms with Crippen molar-refractivity contribution >= 4 is 67.7 Å². The predicted molar refractivity (Wildman–Crippen MR) is 171 cm³/mol. The summed E-state index contributed by atoms with van der Waals surface area (Å²) >= 11 is 15.9. The topological polar surface area (TPSA) is 85.2 Å². The monoisotopic (exact) mass is 718 g/mol. The van der Waals surface area contributed by atoms with Crippen molar-refractivity contribution in [2.45, 2.75) is 19.4 Å². The Balaban J connectivity index is 1.40. The van der Waals surface area contributed by atoms with E-state index in [4.69, 9.17) is 32.9 Å². The van der Waals surface area contributed by atoms with Crippen LogP contribution in [0.25, 0.3) is 11.0 Å². The molecule has 0 saturated heterocycles. The van der Waals surface area contributed by atoms with E-state index in [9.17, 15) is 22.8 Å². The van der Waals surface area contributed by atoms with Crippen LogP contribution in [-0.4, -0.2) is 34.4 Å². The summed E-state index contributed by atoms with van der Waals surface area (Å²) in [5.41, 5.74) is 2.69.